The fraction of sp³-hybridized carbons (Fsp3) is 0.136. The molecule has 2 atom stereocenters. The highest BCUT2D eigenvalue weighted by molar-refractivity contribution is 6.31. The van der Waals surface area contributed by atoms with Gasteiger partial charge in [0.05, 0.1) is 23.1 Å². The van der Waals surface area contributed by atoms with Gasteiger partial charge in [-0.05, 0) is 47.9 Å². The Bertz CT molecular complexity index is 1120. The predicted molar refractivity (Wildman–Crippen MR) is 112 cm³/mol. The number of hydrogen-bond acceptors (Lipinski definition) is 2. The number of nitrogens with zero attached hydrogens (tertiary/aromatic N) is 2. The Morgan fingerprint density at radius 2 is 1.63 bits per heavy atom. The molecule has 27 heavy (non-hydrogen) atoms. The predicted octanol–water partition coefficient (Wildman–Crippen LogP) is 6.49. The summed E-state index contributed by atoms with van der Waals surface area (Å²) < 4.78 is 2.28. The van der Waals surface area contributed by atoms with Crippen molar-refractivity contribution in [3.63, 3.8) is 0 Å². The summed E-state index contributed by atoms with van der Waals surface area (Å²) in [5.41, 5.74) is 4.41. The molecule has 4 aromatic rings. The molecule has 0 fully saturated rings. The molecular formula is C22H17Cl2N3. The Morgan fingerprint density at radius 1 is 0.889 bits per heavy atom. The van der Waals surface area contributed by atoms with Gasteiger partial charge in [-0.1, -0.05) is 65.7 Å². The van der Waals surface area contributed by atoms with Crippen LogP contribution in [0.3, 0.4) is 0 Å². The minimum absolute atomic E-state index is 0.0868. The lowest BCUT2D eigenvalue weighted by molar-refractivity contribution is 0.477. The molecule has 0 unspecified atom stereocenters. The van der Waals surface area contributed by atoms with E-state index in [9.17, 15) is 0 Å². The van der Waals surface area contributed by atoms with Crippen LogP contribution in [-0.4, -0.2) is 9.55 Å². The standard InChI is InChI=1S/C22H17Cl2N3/c23-15-11-9-14(10-12-15)21-13-19(16-5-1-2-6-17(16)24)26-22-25-18-7-3-4-8-20(18)27(21)22/h1-12,19,21H,13H2,(H,25,26)/t19-,21+/m1/s1. The van der Waals surface area contributed by atoms with E-state index in [-0.39, 0.29) is 12.1 Å². The molecule has 1 N–H and O–H groups in total. The van der Waals surface area contributed by atoms with Crippen molar-refractivity contribution >= 4 is 40.2 Å². The van der Waals surface area contributed by atoms with Crippen LogP contribution >= 0.6 is 23.2 Å². The Labute approximate surface area is 167 Å². The SMILES string of the molecule is Clc1ccc([C@@H]2C[C@H](c3ccccc3Cl)Nc3nc4ccccc4n32)cc1. The lowest BCUT2D eigenvalue weighted by Gasteiger charge is -2.34. The van der Waals surface area contributed by atoms with Crippen molar-refractivity contribution in [2.75, 3.05) is 5.32 Å². The van der Waals surface area contributed by atoms with Crippen LogP contribution in [-0.2, 0) is 0 Å². The van der Waals surface area contributed by atoms with E-state index >= 15 is 0 Å². The van der Waals surface area contributed by atoms with Gasteiger partial charge in [-0.3, -0.25) is 0 Å². The number of imidazole rings is 1. The van der Waals surface area contributed by atoms with Gasteiger partial charge < -0.3 is 9.88 Å². The van der Waals surface area contributed by atoms with Crippen LogP contribution in [0.5, 0.6) is 0 Å². The second-order valence-electron chi connectivity index (χ2n) is 6.82. The van der Waals surface area contributed by atoms with Crippen molar-refractivity contribution in [1.82, 2.24) is 9.55 Å². The summed E-state index contributed by atoms with van der Waals surface area (Å²) in [6.07, 6.45) is 0.874. The molecular weight excluding hydrogens is 377 g/mol. The first kappa shape index (κ1) is 16.7. The van der Waals surface area contributed by atoms with Crippen molar-refractivity contribution in [2.24, 2.45) is 0 Å². The molecule has 3 aromatic carbocycles. The molecule has 1 aliphatic heterocycles. The van der Waals surface area contributed by atoms with E-state index in [1.807, 2.05) is 42.5 Å². The molecule has 5 heteroatoms. The fourth-order valence-electron chi connectivity index (χ4n) is 3.94. The van der Waals surface area contributed by atoms with Crippen molar-refractivity contribution in [3.8, 4) is 0 Å². The zero-order chi connectivity index (χ0) is 18.4. The number of aromatic nitrogens is 2. The molecule has 0 radical (unpaired) electrons. The molecule has 0 aliphatic carbocycles. The zero-order valence-corrected chi connectivity index (χ0v) is 16.0. The van der Waals surface area contributed by atoms with E-state index in [0.29, 0.717) is 0 Å². The first-order valence-electron chi connectivity index (χ1n) is 8.94. The normalized spacial score (nSPS) is 18.9. The van der Waals surface area contributed by atoms with Crippen molar-refractivity contribution in [1.29, 1.82) is 0 Å². The Kier molecular flexibility index (Phi) is 4.07. The maximum atomic E-state index is 6.49. The Hall–Kier alpha value is -2.49. The van der Waals surface area contributed by atoms with E-state index < -0.39 is 0 Å². The average molecular weight is 394 g/mol. The third-order valence-corrected chi connectivity index (χ3v) is 5.80. The highest BCUT2D eigenvalue weighted by Gasteiger charge is 2.31. The zero-order valence-electron chi connectivity index (χ0n) is 14.4. The molecule has 5 rings (SSSR count). The molecule has 1 aromatic heterocycles. The number of benzene rings is 3. The molecule has 2 heterocycles. The van der Waals surface area contributed by atoms with Crippen LogP contribution in [0.1, 0.15) is 29.6 Å². The molecule has 134 valence electrons. The monoisotopic (exact) mass is 393 g/mol. The van der Waals surface area contributed by atoms with Gasteiger partial charge >= 0.3 is 0 Å². The Morgan fingerprint density at radius 3 is 2.44 bits per heavy atom. The van der Waals surface area contributed by atoms with Crippen molar-refractivity contribution < 1.29 is 0 Å². The largest absolute Gasteiger partial charge is 0.349 e. The number of para-hydroxylation sites is 2. The van der Waals surface area contributed by atoms with Crippen LogP contribution in [0.2, 0.25) is 10.0 Å². The maximum Gasteiger partial charge on any atom is 0.204 e. The summed E-state index contributed by atoms with van der Waals surface area (Å²) in [7, 11) is 0. The van der Waals surface area contributed by atoms with Gasteiger partial charge in [-0.2, -0.15) is 0 Å². The minimum Gasteiger partial charge on any atom is -0.349 e. The van der Waals surface area contributed by atoms with Gasteiger partial charge in [0.2, 0.25) is 5.95 Å². The molecule has 0 spiro atoms. The first-order valence-corrected chi connectivity index (χ1v) is 9.70. The summed E-state index contributed by atoms with van der Waals surface area (Å²) in [5.74, 6) is 0.868. The number of fused-ring (bicyclic) bond motifs is 3. The van der Waals surface area contributed by atoms with E-state index in [1.54, 1.807) is 0 Å². The molecule has 0 saturated carbocycles. The van der Waals surface area contributed by atoms with Gasteiger partial charge in [-0.25, -0.2) is 4.98 Å². The molecule has 1 aliphatic rings. The number of anilines is 1. The summed E-state index contributed by atoms with van der Waals surface area (Å²) >= 11 is 12.6. The molecule has 0 bridgehead atoms. The number of hydrogen-bond donors (Lipinski definition) is 1. The quantitative estimate of drug-likeness (QED) is 0.421. The van der Waals surface area contributed by atoms with E-state index in [1.165, 1.54) is 5.56 Å². The van der Waals surface area contributed by atoms with Crippen LogP contribution in [0.4, 0.5) is 5.95 Å². The number of halogens is 2. The third-order valence-electron chi connectivity index (χ3n) is 5.21. The van der Waals surface area contributed by atoms with Gasteiger partial charge in [0.15, 0.2) is 0 Å². The Balaban J connectivity index is 1.68. The number of rotatable bonds is 2. The van der Waals surface area contributed by atoms with Gasteiger partial charge in [0, 0.05) is 10.0 Å². The fourth-order valence-corrected chi connectivity index (χ4v) is 4.33. The third kappa shape index (κ3) is 2.88. The summed E-state index contributed by atoms with van der Waals surface area (Å²) in [6, 6.07) is 24.6. The molecule has 0 saturated heterocycles. The van der Waals surface area contributed by atoms with Gasteiger partial charge in [0.25, 0.3) is 0 Å². The summed E-state index contributed by atoms with van der Waals surface area (Å²) in [5, 5.41) is 5.11. The summed E-state index contributed by atoms with van der Waals surface area (Å²) in [4.78, 5) is 4.83. The summed E-state index contributed by atoms with van der Waals surface area (Å²) in [6.45, 7) is 0. The lowest BCUT2D eigenvalue weighted by Crippen LogP contribution is -2.27. The van der Waals surface area contributed by atoms with Crippen LogP contribution < -0.4 is 5.32 Å². The second kappa shape index (κ2) is 6.59. The van der Waals surface area contributed by atoms with Crippen molar-refractivity contribution in [3.05, 3.63) is 94.0 Å². The maximum absolute atomic E-state index is 6.49. The van der Waals surface area contributed by atoms with Crippen LogP contribution in [0.15, 0.2) is 72.8 Å². The topological polar surface area (TPSA) is 29.9 Å². The van der Waals surface area contributed by atoms with E-state index in [2.05, 4.69) is 40.2 Å². The average Bonchev–Trinajstić information content (AvgIpc) is 3.07. The number of nitrogens with one attached hydrogen (secondary N) is 1. The second-order valence-corrected chi connectivity index (χ2v) is 7.66. The lowest BCUT2D eigenvalue weighted by atomic mass is 9.93. The smallest absolute Gasteiger partial charge is 0.204 e. The van der Waals surface area contributed by atoms with Crippen LogP contribution in [0.25, 0.3) is 11.0 Å². The van der Waals surface area contributed by atoms with Crippen LogP contribution in [0, 0.1) is 0 Å². The first-order chi connectivity index (χ1) is 13.2. The highest BCUT2D eigenvalue weighted by atomic mass is 35.5. The van der Waals surface area contributed by atoms with E-state index in [4.69, 9.17) is 28.2 Å². The van der Waals surface area contributed by atoms with Gasteiger partial charge in [0.1, 0.15) is 0 Å². The molecule has 0 amide bonds. The highest BCUT2D eigenvalue weighted by Crippen LogP contribution is 2.42. The molecule has 3 nitrogen and oxygen atoms in total. The van der Waals surface area contributed by atoms with Gasteiger partial charge in [-0.15, -0.1) is 0 Å². The van der Waals surface area contributed by atoms with Crippen molar-refractivity contribution in [2.45, 2.75) is 18.5 Å². The minimum atomic E-state index is 0.0868. The van der Waals surface area contributed by atoms with E-state index in [0.717, 1.165) is 39.0 Å².